The number of hydrogen-bond donors (Lipinski definition) is 3. The maximum atomic E-state index is 11.8. The largest absolute Gasteiger partial charge is 0.381 e. The van der Waals surface area contributed by atoms with Crippen LogP contribution in [0.15, 0.2) is 41.7 Å². The van der Waals surface area contributed by atoms with Crippen LogP contribution in [-0.2, 0) is 11.3 Å². The third-order valence-electron chi connectivity index (χ3n) is 4.54. The van der Waals surface area contributed by atoms with E-state index < -0.39 is 0 Å². The summed E-state index contributed by atoms with van der Waals surface area (Å²) in [4.78, 5) is 20.5. The monoisotopic (exact) mass is 382 g/mol. The Morgan fingerprint density at radius 2 is 2.07 bits per heavy atom. The molecule has 28 heavy (non-hydrogen) atoms. The molecule has 0 bridgehead atoms. The molecule has 2 aromatic rings. The van der Waals surface area contributed by atoms with Gasteiger partial charge in [0.1, 0.15) is 0 Å². The predicted octanol–water partition coefficient (Wildman–Crippen LogP) is 2.74. The Balaban J connectivity index is 1.67. The summed E-state index contributed by atoms with van der Waals surface area (Å²) in [6.07, 6.45) is 10.9. The Labute approximate surface area is 164 Å². The molecule has 0 saturated carbocycles. The van der Waals surface area contributed by atoms with Gasteiger partial charge in [0.2, 0.25) is 5.95 Å². The fraction of sp³-hybridized carbons (Fsp3) is 0.400. The van der Waals surface area contributed by atoms with E-state index in [4.69, 9.17) is 10.1 Å². The Bertz CT molecular complexity index is 869. The molecular weight excluding hydrogens is 356 g/mol. The van der Waals surface area contributed by atoms with E-state index >= 15 is 0 Å². The van der Waals surface area contributed by atoms with Gasteiger partial charge >= 0.3 is 0 Å². The molecule has 1 fully saturated rings. The zero-order valence-corrected chi connectivity index (χ0v) is 16.0. The molecule has 0 amide bonds. The molecule has 3 heterocycles. The molecule has 0 aliphatic carbocycles. The van der Waals surface area contributed by atoms with Gasteiger partial charge in [-0.2, -0.15) is 0 Å². The topological polar surface area (TPSA) is 105 Å². The number of allylic oxidation sites excluding steroid dienone is 1. The zero-order chi connectivity index (χ0) is 19.8. The molecule has 3 rings (SSSR count). The van der Waals surface area contributed by atoms with Crippen LogP contribution in [0, 0.1) is 5.41 Å². The molecular formula is C20H26N6O2. The number of nitrogens with zero attached hydrogens (tertiary/aromatic N) is 3. The Morgan fingerprint density at radius 1 is 1.32 bits per heavy atom. The van der Waals surface area contributed by atoms with E-state index in [9.17, 15) is 4.79 Å². The predicted molar refractivity (Wildman–Crippen MR) is 111 cm³/mol. The summed E-state index contributed by atoms with van der Waals surface area (Å²) < 4.78 is 7.02. The van der Waals surface area contributed by atoms with Crippen molar-refractivity contribution in [2.75, 3.05) is 23.8 Å². The van der Waals surface area contributed by atoms with Gasteiger partial charge in [0.25, 0.3) is 5.56 Å². The Kier molecular flexibility index (Phi) is 6.91. The van der Waals surface area contributed by atoms with Crippen LogP contribution in [0.5, 0.6) is 0 Å². The second-order valence-electron chi connectivity index (χ2n) is 6.66. The molecule has 0 atom stereocenters. The van der Waals surface area contributed by atoms with Crippen LogP contribution in [0.25, 0.3) is 5.57 Å². The van der Waals surface area contributed by atoms with E-state index in [-0.39, 0.29) is 5.56 Å². The van der Waals surface area contributed by atoms with Crippen molar-refractivity contribution < 1.29 is 4.74 Å². The molecule has 0 unspecified atom stereocenters. The first kappa shape index (κ1) is 19.8. The summed E-state index contributed by atoms with van der Waals surface area (Å²) in [5.74, 6) is 0.583. The van der Waals surface area contributed by atoms with Crippen molar-refractivity contribution in [2.45, 2.75) is 38.8 Å². The molecule has 0 spiro atoms. The lowest BCUT2D eigenvalue weighted by Gasteiger charge is -2.22. The van der Waals surface area contributed by atoms with Crippen molar-refractivity contribution in [3.63, 3.8) is 0 Å². The second kappa shape index (κ2) is 9.80. The summed E-state index contributed by atoms with van der Waals surface area (Å²) in [6, 6.07) is 3.59. The summed E-state index contributed by atoms with van der Waals surface area (Å²) in [7, 11) is 0. The zero-order valence-electron chi connectivity index (χ0n) is 16.0. The third-order valence-corrected chi connectivity index (χ3v) is 4.54. The minimum absolute atomic E-state index is 0.0234. The highest BCUT2D eigenvalue weighted by molar-refractivity contribution is 6.08. The summed E-state index contributed by atoms with van der Waals surface area (Å²) in [6.45, 7) is 4.21. The highest BCUT2D eigenvalue weighted by Gasteiger charge is 2.14. The van der Waals surface area contributed by atoms with Crippen LogP contribution in [0.4, 0.5) is 11.6 Å². The van der Waals surface area contributed by atoms with Crippen LogP contribution in [-0.4, -0.2) is 40.0 Å². The lowest BCUT2D eigenvalue weighted by Crippen LogP contribution is -2.28. The van der Waals surface area contributed by atoms with Crippen molar-refractivity contribution in [2.24, 2.45) is 0 Å². The van der Waals surface area contributed by atoms with Gasteiger partial charge < -0.3 is 25.3 Å². The minimum Gasteiger partial charge on any atom is -0.381 e. The van der Waals surface area contributed by atoms with Crippen molar-refractivity contribution >= 4 is 23.4 Å². The maximum Gasteiger partial charge on any atom is 0.250 e. The first-order valence-electron chi connectivity index (χ1n) is 9.54. The molecule has 3 N–H and O–H groups in total. The molecule has 8 nitrogen and oxygen atoms in total. The van der Waals surface area contributed by atoms with Crippen molar-refractivity contribution in [1.82, 2.24) is 14.5 Å². The summed E-state index contributed by atoms with van der Waals surface area (Å²) in [5, 5.41) is 14.2. The van der Waals surface area contributed by atoms with Gasteiger partial charge in [0.15, 0.2) is 0 Å². The van der Waals surface area contributed by atoms with Crippen LogP contribution < -0.4 is 16.2 Å². The molecule has 1 aliphatic heterocycles. The van der Waals surface area contributed by atoms with Gasteiger partial charge in [0.05, 0.1) is 5.69 Å². The van der Waals surface area contributed by atoms with Gasteiger partial charge in [-0.15, -0.1) is 0 Å². The molecule has 2 aromatic heterocycles. The van der Waals surface area contributed by atoms with E-state index in [1.165, 1.54) is 12.3 Å². The van der Waals surface area contributed by atoms with Crippen molar-refractivity contribution in [3.8, 4) is 0 Å². The highest BCUT2D eigenvalue weighted by Crippen LogP contribution is 2.15. The molecule has 8 heteroatoms. The number of rotatable bonds is 8. The third kappa shape index (κ3) is 5.26. The smallest absolute Gasteiger partial charge is 0.250 e. The maximum absolute atomic E-state index is 11.8. The summed E-state index contributed by atoms with van der Waals surface area (Å²) >= 11 is 0. The second-order valence-corrected chi connectivity index (χ2v) is 6.66. The number of pyridine rings is 1. The van der Waals surface area contributed by atoms with Gasteiger partial charge in [-0.05, 0) is 25.3 Å². The number of anilines is 2. The van der Waals surface area contributed by atoms with E-state index in [1.807, 2.05) is 6.92 Å². The first-order valence-corrected chi connectivity index (χ1v) is 9.54. The summed E-state index contributed by atoms with van der Waals surface area (Å²) in [5.41, 5.74) is 2.14. The molecule has 1 aliphatic rings. The number of ether oxygens (including phenoxy) is 1. The number of aryl methyl sites for hydroxylation is 1. The SMILES string of the molecule is CCCn1cc(N/C=C(\C=N)c2cnc(NC3CCOCC3)nc2)ccc1=O. The highest BCUT2D eigenvalue weighted by atomic mass is 16.5. The van der Waals surface area contributed by atoms with Crippen molar-refractivity contribution in [3.05, 3.63) is 52.8 Å². The van der Waals surface area contributed by atoms with Crippen LogP contribution in [0.1, 0.15) is 31.7 Å². The Hall–Kier alpha value is -3.00. The van der Waals surface area contributed by atoms with Gasteiger partial charge in [-0.25, -0.2) is 9.97 Å². The number of hydrogen-bond acceptors (Lipinski definition) is 7. The fourth-order valence-corrected chi connectivity index (χ4v) is 2.98. The number of aromatic nitrogens is 3. The lowest BCUT2D eigenvalue weighted by atomic mass is 10.1. The molecule has 1 saturated heterocycles. The van der Waals surface area contributed by atoms with E-state index in [1.54, 1.807) is 35.4 Å². The fourth-order valence-electron chi connectivity index (χ4n) is 2.98. The minimum atomic E-state index is -0.0234. The first-order chi connectivity index (χ1) is 13.7. The quantitative estimate of drug-likeness (QED) is 0.607. The Morgan fingerprint density at radius 3 is 2.75 bits per heavy atom. The average molecular weight is 382 g/mol. The molecule has 0 aromatic carbocycles. The standard InChI is InChI=1S/C20H26N6O2/c1-2-7-26-14-18(3-4-19(26)27)22-11-15(10-21)16-12-23-20(24-13-16)25-17-5-8-28-9-6-17/h3-4,10-14,17,21-22H,2,5-9H2,1H3,(H,23,24,25)/b15-11+,21-10?. The van der Waals surface area contributed by atoms with Crippen molar-refractivity contribution in [1.29, 1.82) is 5.41 Å². The van der Waals surface area contributed by atoms with Crippen LogP contribution in [0.2, 0.25) is 0 Å². The normalized spacial score (nSPS) is 15.2. The van der Waals surface area contributed by atoms with Gasteiger partial charge in [-0.3, -0.25) is 4.79 Å². The number of nitrogens with one attached hydrogen (secondary N) is 3. The lowest BCUT2D eigenvalue weighted by molar-refractivity contribution is 0.0903. The van der Waals surface area contributed by atoms with E-state index in [2.05, 4.69) is 20.6 Å². The van der Waals surface area contributed by atoms with E-state index in [0.717, 1.165) is 43.7 Å². The van der Waals surface area contributed by atoms with Gasteiger partial charge in [0, 0.05) is 74.0 Å². The molecule has 148 valence electrons. The van der Waals surface area contributed by atoms with Gasteiger partial charge in [-0.1, -0.05) is 6.92 Å². The van der Waals surface area contributed by atoms with Crippen LogP contribution >= 0.6 is 0 Å². The van der Waals surface area contributed by atoms with Crippen LogP contribution in [0.3, 0.4) is 0 Å². The average Bonchev–Trinajstić information content (AvgIpc) is 2.73. The van der Waals surface area contributed by atoms with E-state index in [0.29, 0.717) is 24.1 Å². The molecule has 0 radical (unpaired) electrons.